The Kier molecular flexibility index (Phi) is 6.19. The first-order valence-electron chi connectivity index (χ1n) is 10.2. The van der Waals surface area contributed by atoms with Crippen molar-refractivity contribution in [1.82, 2.24) is 10.2 Å². The van der Waals surface area contributed by atoms with E-state index in [0.717, 1.165) is 29.2 Å². The van der Waals surface area contributed by atoms with Crippen LogP contribution in [-0.2, 0) is 11.3 Å². The van der Waals surface area contributed by atoms with Gasteiger partial charge in [0.15, 0.2) is 0 Å². The van der Waals surface area contributed by atoms with Crippen LogP contribution in [0.1, 0.15) is 24.8 Å². The lowest BCUT2D eigenvalue weighted by molar-refractivity contribution is -0.133. The Morgan fingerprint density at radius 3 is 2.57 bits per heavy atom. The van der Waals surface area contributed by atoms with Crippen molar-refractivity contribution < 1.29 is 9.59 Å². The summed E-state index contributed by atoms with van der Waals surface area (Å²) >= 11 is 5.95. The van der Waals surface area contributed by atoms with Crippen LogP contribution < -0.4 is 10.6 Å². The van der Waals surface area contributed by atoms with E-state index < -0.39 is 6.04 Å². The molecule has 154 valence electrons. The first kappa shape index (κ1) is 20.2. The fourth-order valence-electron chi connectivity index (χ4n) is 3.80. The molecule has 0 spiro atoms. The van der Waals surface area contributed by atoms with Crippen molar-refractivity contribution in [2.45, 2.75) is 31.8 Å². The van der Waals surface area contributed by atoms with Gasteiger partial charge in [0, 0.05) is 23.8 Å². The van der Waals surface area contributed by atoms with Gasteiger partial charge in [-0.2, -0.15) is 0 Å². The third kappa shape index (κ3) is 4.92. The molecule has 0 bridgehead atoms. The first-order valence-corrected chi connectivity index (χ1v) is 10.6. The molecule has 1 aliphatic rings. The number of benzene rings is 3. The van der Waals surface area contributed by atoms with Crippen molar-refractivity contribution in [1.29, 1.82) is 0 Å². The van der Waals surface area contributed by atoms with Crippen LogP contribution in [0, 0.1) is 0 Å². The highest BCUT2D eigenvalue weighted by molar-refractivity contribution is 6.30. The first-order chi connectivity index (χ1) is 14.6. The Balaban J connectivity index is 1.40. The molecular formula is C24H24ClN3O2. The molecule has 4 rings (SSSR count). The molecule has 2 N–H and O–H groups in total. The number of fused-ring (bicyclic) bond motifs is 1. The van der Waals surface area contributed by atoms with Crippen molar-refractivity contribution >= 4 is 40.0 Å². The van der Waals surface area contributed by atoms with Crippen molar-refractivity contribution in [2.24, 2.45) is 0 Å². The minimum atomic E-state index is -0.528. The van der Waals surface area contributed by atoms with Gasteiger partial charge in [0.2, 0.25) is 5.91 Å². The number of anilines is 1. The molecule has 1 fully saturated rings. The Morgan fingerprint density at radius 2 is 1.77 bits per heavy atom. The fourth-order valence-corrected chi connectivity index (χ4v) is 3.92. The monoisotopic (exact) mass is 421 g/mol. The molecule has 3 amide bonds. The summed E-state index contributed by atoms with van der Waals surface area (Å²) in [6, 6.07) is 20.3. The van der Waals surface area contributed by atoms with Gasteiger partial charge in [0.25, 0.3) is 0 Å². The number of urea groups is 1. The van der Waals surface area contributed by atoms with Crippen LogP contribution in [-0.4, -0.2) is 29.4 Å². The number of carbonyl (C=O) groups excluding carboxylic acids is 2. The SMILES string of the molecule is O=C(Nc1ccc2ccccc2c1)NC1CCCCN(Cc2ccc(Cl)cc2)C1=O. The quantitative estimate of drug-likeness (QED) is 0.608. The molecule has 3 aromatic carbocycles. The van der Waals surface area contributed by atoms with E-state index in [1.807, 2.05) is 71.6 Å². The highest BCUT2D eigenvalue weighted by Gasteiger charge is 2.28. The molecule has 30 heavy (non-hydrogen) atoms. The molecule has 0 radical (unpaired) electrons. The number of amides is 3. The predicted molar refractivity (Wildman–Crippen MR) is 121 cm³/mol. The summed E-state index contributed by atoms with van der Waals surface area (Å²) in [5.74, 6) is -0.0453. The molecule has 6 heteroatoms. The number of rotatable bonds is 4. The standard InChI is InChI=1S/C24H24ClN3O2/c25-20-11-8-17(9-12-20)16-28-14-4-3-7-22(23(28)29)27-24(30)26-21-13-10-18-5-1-2-6-19(18)15-21/h1-2,5-6,8-13,15,22H,3-4,7,14,16H2,(H2,26,27,30). The van der Waals surface area contributed by atoms with Gasteiger partial charge in [-0.1, -0.05) is 54.1 Å². The number of hydrogen-bond acceptors (Lipinski definition) is 2. The van der Waals surface area contributed by atoms with Crippen LogP contribution in [0.2, 0.25) is 5.02 Å². The van der Waals surface area contributed by atoms with Crippen molar-refractivity contribution in [3.05, 3.63) is 77.3 Å². The van der Waals surface area contributed by atoms with Crippen LogP contribution >= 0.6 is 11.6 Å². The minimum absolute atomic E-state index is 0.0453. The lowest BCUT2D eigenvalue weighted by Crippen LogP contribution is -2.48. The van der Waals surface area contributed by atoms with Crippen LogP contribution in [0.25, 0.3) is 10.8 Å². The average molecular weight is 422 g/mol. The topological polar surface area (TPSA) is 61.4 Å². The van der Waals surface area contributed by atoms with Crippen LogP contribution in [0.5, 0.6) is 0 Å². The van der Waals surface area contributed by atoms with Gasteiger partial charge in [-0.25, -0.2) is 4.79 Å². The maximum absolute atomic E-state index is 13.0. The van der Waals surface area contributed by atoms with Crippen molar-refractivity contribution in [3.63, 3.8) is 0 Å². The van der Waals surface area contributed by atoms with E-state index in [-0.39, 0.29) is 11.9 Å². The van der Waals surface area contributed by atoms with Gasteiger partial charge < -0.3 is 15.5 Å². The Hall–Kier alpha value is -3.05. The van der Waals surface area contributed by atoms with E-state index in [2.05, 4.69) is 10.6 Å². The summed E-state index contributed by atoms with van der Waals surface area (Å²) in [4.78, 5) is 27.4. The van der Waals surface area contributed by atoms with E-state index >= 15 is 0 Å². The lowest BCUT2D eigenvalue weighted by atomic mass is 10.1. The molecule has 0 aromatic heterocycles. The zero-order valence-electron chi connectivity index (χ0n) is 16.6. The molecule has 1 unspecified atom stereocenters. The van der Waals surface area contributed by atoms with Crippen molar-refractivity contribution in [2.75, 3.05) is 11.9 Å². The maximum Gasteiger partial charge on any atom is 0.319 e. The molecular weight excluding hydrogens is 398 g/mol. The normalized spacial score (nSPS) is 16.9. The van der Waals surface area contributed by atoms with E-state index in [4.69, 9.17) is 11.6 Å². The number of hydrogen-bond donors (Lipinski definition) is 2. The van der Waals surface area contributed by atoms with Crippen LogP contribution in [0.4, 0.5) is 10.5 Å². The van der Waals surface area contributed by atoms with E-state index in [9.17, 15) is 9.59 Å². The summed E-state index contributed by atoms with van der Waals surface area (Å²) in [7, 11) is 0. The second kappa shape index (κ2) is 9.18. The zero-order valence-corrected chi connectivity index (χ0v) is 17.4. The summed E-state index contributed by atoms with van der Waals surface area (Å²) in [6.07, 6.45) is 2.45. The predicted octanol–water partition coefficient (Wildman–Crippen LogP) is 5.20. The third-order valence-electron chi connectivity index (χ3n) is 5.38. The van der Waals surface area contributed by atoms with Gasteiger partial charge in [0.05, 0.1) is 0 Å². The summed E-state index contributed by atoms with van der Waals surface area (Å²) in [5, 5.41) is 8.56. The molecule has 5 nitrogen and oxygen atoms in total. The van der Waals surface area contributed by atoms with E-state index in [0.29, 0.717) is 30.2 Å². The highest BCUT2D eigenvalue weighted by atomic mass is 35.5. The number of carbonyl (C=O) groups is 2. The van der Waals surface area contributed by atoms with Gasteiger partial charge in [-0.05, 0) is 59.9 Å². The highest BCUT2D eigenvalue weighted by Crippen LogP contribution is 2.20. The van der Waals surface area contributed by atoms with Crippen LogP contribution in [0.15, 0.2) is 66.7 Å². The van der Waals surface area contributed by atoms with E-state index in [1.165, 1.54) is 0 Å². The second-order valence-corrected chi connectivity index (χ2v) is 8.03. The zero-order chi connectivity index (χ0) is 20.9. The Bertz CT molecular complexity index is 1050. The largest absolute Gasteiger partial charge is 0.337 e. The van der Waals surface area contributed by atoms with Gasteiger partial charge >= 0.3 is 6.03 Å². The smallest absolute Gasteiger partial charge is 0.319 e. The number of nitrogens with zero attached hydrogens (tertiary/aromatic N) is 1. The summed E-state index contributed by atoms with van der Waals surface area (Å²) in [6.45, 7) is 1.20. The second-order valence-electron chi connectivity index (χ2n) is 7.60. The maximum atomic E-state index is 13.0. The number of halogens is 1. The Labute approximate surface area is 181 Å². The molecule has 0 saturated carbocycles. The third-order valence-corrected chi connectivity index (χ3v) is 5.63. The molecule has 3 aromatic rings. The van der Waals surface area contributed by atoms with Gasteiger partial charge in [-0.3, -0.25) is 4.79 Å². The fraction of sp³-hybridized carbons (Fsp3) is 0.250. The van der Waals surface area contributed by atoms with E-state index in [1.54, 1.807) is 0 Å². The van der Waals surface area contributed by atoms with Gasteiger partial charge in [-0.15, -0.1) is 0 Å². The van der Waals surface area contributed by atoms with Gasteiger partial charge in [0.1, 0.15) is 6.04 Å². The summed E-state index contributed by atoms with van der Waals surface area (Å²) < 4.78 is 0. The Morgan fingerprint density at radius 1 is 1.00 bits per heavy atom. The molecule has 1 atom stereocenters. The number of likely N-dealkylation sites (tertiary alicyclic amines) is 1. The average Bonchev–Trinajstić information content (AvgIpc) is 2.91. The molecule has 0 aliphatic carbocycles. The lowest BCUT2D eigenvalue weighted by Gasteiger charge is -2.25. The number of nitrogens with one attached hydrogen (secondary N) is 2. The molecule has 1 heterocycles. The van der Waals surface area contributed by atoms with Crippen LogP contribution in [0.3, 0.4) is 0 Å². The summed E-state index contributed by atoms with van der Waals surface area (Å²) in [5.41, 5.74) is 1.72. The van der Waals surface area contributed by atoms with Crippen molar-refractivity contribution in [3.8, 4) is 0 Å². The molecule has 1 aliphatic heterocycles. The molecule has 1 saturated heterocycles. The minimum Gasteiger partial charge on any atom is -0.337 e.